The number of hydrogen-bond donors (Lipinski definition) is 3. The Balaban J connectivity index is 1.49. The molecule has 0 aliphatic carbocycles. The van der Waals surface area contributed by atoms with E-state index in [0.717, 1.165) is 5.56 Å². The number of ether oxygens (including phenoxy) is 2. The number of carbonyl (C=O) groups excluding carboxylic acids is 3. The van der Waals surface area contributed by atoms with E-state index in [1.54, 1.807) is 29.2 Å². The van der Waals surface area contributed by atoms with Crippen molar-refractivity contribution in [1.82, 2.24) is 10.2 Å². The minimum atomic E-state index is -1.15. The number of carbonyl (C=O) groups is 3. The van der Waals surface area contributed by atoms with E-state index in [9.17, 15) is 19.5 Å². The highest BCUT2D eigenvalue weighted by atomic mass is 16.5. The molecule has 0 saturated carbocycles. The van der Waals surface area contributed by atoms with Crippen molar-refractivity contribution >= 4 is 23.4 Å². The number of aliphatic hydroxyl groups is 1. The normalized spacial score (nSPS) is 28.6. The van der Waals surface area contributed by atoms with E-state index >= 15 is 0 Å². The van der Waals surface area contributed by atoms with Crippen molar-refractivity contribution in [2.45, 2.75) is 83.2 Å². The smallest absolute Gasteiger partial charge is 0.246 e. The minimum absolute atomic E-state index is 0.180. The van der Waals surface area contributed by atoms with Gasteiger partial charge in [0.1, 0.15) is 17.4 Å². The maximum Gasteiger partial charge on any atom is 0.246 e. The Hall–Kier alpha value is -3.43. The summed E-state index contributed by atoms with van der Waals surface area (Å²) >= 11 is 0. The zero-order chi connectivity index (χ0) is 30.1. The highest BCUT2D eigenvalue weighted by Gasteiger charge is 2.79. The number of aliphatic hydroxyl groups excluding tert-OH is 1. The molecule has 1 spiro atoms. The molecule has 226 valence electrons. The molecule has 3 heterocycles. The Labute approximate surface area is 248 Å². The van der Waals surface area contributed by atoms with Gasteiger partial charge in [-0.25, -0.2) is 0 Å². The third-order valence-electron chi connectivity index (χ3n) is 9.24. The van der Waals surface area contributed by atoms with Crippen molar-refractivity contribution in [3.05, 3.63) is 60.2 Å². The van der Waals surface area contributed by atoms with Crippen LogP contribution in [0.3, 0.4) is 0 Å². The van der Waals surface area contributed by atoms with E-state index in [0.29, 0.717) is 50.3 Å². The molecular formula is C33H43N3O6. The Bertz CT molecular complexity index is 1280. The fourth-order valence-electron chi connectivity index (χ4n) is 7.47. The summed E-state index contributed by atoms with van der Waals surface area (Å²) in [4.78, 5) is 44.1. The number of nitrogens with zero attached hydrogens (tertiary/aromatic N) is 1. The second-order valence-electron chi connectivity index (χ2n) is 12.2. The van der Waals surface area contributed by atoms with Gasteiger partial charge in [-0.2, -0.15) is 0 Å². The fraction of sp³-hybridized carbons (Fsp3) is 0.545. The summed E-state index contributed by atoms with van der Waals surface area (Å²) < 4.78 is 12.4. The van der Waals surface area contributed by atoms with Gasteiger partial charge in [0.05, 0.1) is 36.7 Å². The van der Waals surface area contributed by atoms with Crippen LogP contribution in [0, 0.1) is 17.8 Å². The average molecular weight is 578 g/mol. The van der Waals surface area contributed by atoms with E-state index in [1.807, 2.05) is 58.0 Å². The summed E-state index contributed by atoms with van der Waals surface area (Å²) in [5, 5.41) is 16.5. The van der Waals surface area contributed by atoms with Gasteiger partial charge in [0.15, 0.2) is 0 Å². The Morgan fingerprint density at radius 2 is 1.79 bits per heavy atom. The van der Waals surface area contributed by atoms with Gasteiger partial charge in [-0.1, -0.05) is 51.1 Å². The van der Waals surface area contributed by atoms with E-state index in [-0.39, 0.29) is 30.2 Å². The first-order valence-electron chi connectivity index (χ1n) is 15.2. The molecule has 2 bridgehead atoms. The quantitative estimate of drug-likeness (QED) is 0.352. The second kappa shape index (κ2) is 12.1. The summed E-state index contributed by atoms with van der Waals surface area (Å²) in [5.41, 5.74) is -0.476. The summed E-state index contributed by atoms with van der Waals surface area (Å²) in [7, 11) is 0. The number of anilines is 1. The van der Waals surface area contributed by atoms with E-state index < -0.39 is 35.1 Å². The predicted octanol–water partition coefficient (Wildman–Crippen LogP) is 3.90. The van der Waals surface area contributed by atoms with Crippen LogP contribution in [-0.2, 0) is 25.7 Å². The number of amides is 3. The number of benzene rings is 2. The van der Waals surface area contributed by atoms with E-state index in [2.05, 4.69) is 10.6 Å². The molecule has 6 atom stereocenters. The summed E-state index contributed by atoms with van der Waals surface area (Å²) in [6.45, 7) is 8.48. The number of hydrogen-bond acceptors (Lipinski definition) is 6. The highest BCUT2D eigenvalue weighted by Crippen LogP contribution is 2.64. The Morgan fingerprint density at radius 1 is 1.07 bits per heavy atom. The van der Waals surface area contributed by atoms with Crippen molar-refractivity contribution in [3.63, 3.8) is 0 Å². The Kier molecular flexibility index (Phi) is 8.62. The van der Waals surface area contributed by atoms with Gasteiger partial charge in [0.25, 0.3) is 0 Å². The van der Waals surface area contributed by atoms with Crippen LogP contribution in [0.25, 0.3) is 0 Å². The lowest BCUT2D eigenvalue weighted by atomic mass is 9.65. The maximum atomic E-state index is 14.4. The molecule has 5 rings (SSSR count). The first-order valence-corrected chi connectivity index (χ1v) is 15.2. The van der Waals surface area contributed by atoms with Crippen molar-refractivity contribution in [2.75, 3.05) is 18.5 Å². The summed E-state index contributed by atoms with van der Waals surface area (Å²) in [6, 6.07) is 15.2. The molecule has 3 aliphatic heterocycles. The molecule has 2 unspecified atom stereocenters. The van der Waals surface area contributed by atoms with Crippen LogP contribution in [0.1, 0.15) is 58.9 Å². The van der Waals surface area contributed by atoms with Gasteiger partial charge in [-0.05, 0) is 68.4 Å². The lowest BCUT2D eigenvalue weighted by Gasteiger charge is -2.38. The molecule has 2 aromatic carbocycles. The minimum Gasteiger partial charge on any atom is -0.494 e. The fourth-order valence-corrected chi connectivity index (χ4v) is 7.47. The maximum absolute atomic E-state index is 14.4. The molecular weight excluding hydrogens is 534 g/mol. The second-order valence-corrected chi connectivity index (χ2v) is 12.2. The molecule has 42 heavy (non-hydrogen) atoms. The topological polar surface area (TPSA) is 117 Å². The predicted molar refractivity (Wildman–Crippen MR) is 159 cm³/mol. The Morgan fingerprint density at radius 3 is 2.40 bits per heavy atom. The largest absolute Gasteiger partial charge is 0.494 e. The molecule has 2 aromatic rings. The molecule has 3 saturated heterocycles. The zero-order valence-electron chi connectivity index (χ0n) is 25.0. The van der Waals surface area contributed by atoms with Crippen LogP contribution in [0.4, 0.5) is 5.69 Å². The molecule has 3 aliphatic rings. The molecule has 0 aromatic heterocycles. The van der Waals surface area contributed by atoms with Gasteiger partial charge < -0.3 is 30.1 Å². The monoisotopic (exact) mass is 577 g/mol. The summed E-state index contributed by atoms with van der Waals surface area (Å²) in [6.07, 6.45) is 2.12. The first kappa shape index (κ1) is 30.0. The van der Waals surface area contributed by atoms with Crippen LogP contribution >= 0.6 is 0 Å². The van der Waals surface area contributed by atoms with Crippen molar-refractivity contribution in [2.24, 2.45) is 17.8 Å². The number of likely N-dealkylation sites (tertiary alicyclic amines) is 1. The first-order chi connectivity index (χ1) is 20.2. The van der Waals surface area contributed by atoms with Crippen LogP contribution < -0.4 is 15.4 Å². The number of rotatable bonds is 12. The molecule has 9 heteroatoms. The average Bonchev–Trinajstić information content (AvgIpc) is 3.60. The van der Waals surface area contributed by atoms with Crippen molar-refractivity contribution < 1.29 is 29.0 Å². The van der Waals surface area contributed by atoms with Crippen LogP contribution in [0.5, 0.6) is 5.75 Å². The third kappa shape index (κ3) is 5.17. The zero-order valence-corrected chi connectivity index (χ0v) is 25.0. The SMILES string of the molecule is CCOc1ccc(NC(=O)[C@H]2[C@H]3C(=O)N([C@@H](CO)CC(C)C)C(C(=O)NCc4ccccc4)C34CC[C@]2(CC)O4)cc1. The van der Waals surface area contributed by atoms with Gasteiger partial charge in [-0.15, -0.1) is 0 Å². The van der Waals surface area contributed by atoms with Crippen molar-refractivity contribution in [3.8, 4) is 5.75 Å². The van der Waals surface area contributed by atoms with Gasteiger partial charge in [0, 0.05) is 12.2 Å². The molecule has 3 fully saturated rings. The van der Waals surface area contributed by atoms with E-state index in [1.165, 1.54) is 0 Å². The lowest BCUT2D eigenvalue weighted by molar-refractivity contribution is -0.150. The molecule has 3 N–H and O–H groups in total. The number of nitrogens with one attached hydrogen (secondary N) is 2. The van der Waals surface area contributed by atoms with Crippen LogP contribution in [0.15, 0.2) is 54.6 Å². The molecule has 3 amide bonds. The van der Waals surface area contributed by atoms with Gasteiger partial charge in [-0.3, -0.25) is 14.4 Å². The van der Waals surface area contributed by atoms with E-state index in [4.69, 9.17) is 9.47 Å². The van der Waals surface area contributed by atoms with Crippen molar-refractivity contribution in [1.29, 1.82) is 0 Å². The van der Waals surface area contributed by atoms with Crippen LogP contribution in [-0.4, -0.2) is 64.2 Å². The van der Waals surface area contributed by atoms with Gasteiger partial charge >= 0.3 is 0 Å². The van der Waals surface area contributed by atoms with Gasteiger partial charge in [0.2, 0.25) is 17.7 Å². The van der Waals surface area contributed by atoms with Crippen LogP contribution in [0.2, 0.25) is 0 Å². The lowest BCUT2D eigenvalue weighted by Crippen LogP contribution is -2.58. The highest BCUT2D eigenvalue weighted by molar-refractivity contribution is 6.02. The summed E-state index contributed by atoms with van der Waals surface area (Å²) in [5.74, 6) is -1.64. The molecule has 9 nitrogen and oxygen atoms in total. The third-order valence-corrected chi connectivity index (χ3v) is 9.24. The number of fused-ring (bicyclic) bond motifs is 1. The standard InChI is InChI=1S/C33H43N3O6/c1-5-32-16-17-33(42-32)27(26(32)29(38)35-23-12-14-25(15-13-23)41-6-2)31(40)36(24(20-37)18-21(3)4)28(33)30(39)34-19-22-10-8-7-9-11-22/h7-15,21,24,26-28,37H,5-6,16-20H2,1-4H3,(H,34,39)(H,35,38)/t24-,26-,27+,28?,32+,33?/m1/s1. The molecule has 0 radical (unpaired) electrons.